The summed E-state index contributed by atoms with van der Waals surface area (Å²) in [6.45, 7) is 2.04. The van der Waals surface area contributed by atoms with E-state index in [4.69, 9.17) is 4.74 Å². The van der Waals surface area contributed by atoms with Crippen molar-refractivity contribution in [2.45, 2.75) is 25.3 Å². The topological polar surface area (TPSA) is 49.8 Å². The lowest BCUT2D eigenvalue weighted by Gasteiger charge is -2.35. The molecule has 0 aliphatic carbocycles. The van der Waals surface area contributed by atoms with Crippen LogP contribution in [-0.4, -0.2) is 30.6 Å². The van der Waals surface area contributed by atoms with E-state index < -0.39 is 5.54 Å². The quantitative estimate of drug-likeness (QED) is 0.879. The third-order valence-electron chi connectivity index (χ3n) is 4.93. The van der Waals surface area contributed by atoms with E-state index in [2.05, 4.69) is 17.0 Å². The average Bonchev–Trinajstić information content (AvgIpc) is 2.88. The van der Waals surface area contributed by atoms with E-state index in [1.165, 1.54) is 18.7 Å². The molecule has 1 heterocycles. The summed E-state index contributed by atoms with van der Waals surface area (Å²) in [5.74, 6) is 0.412. The number of hydrogen-bond donors (Lipinski definition) is 1. The number of aromatic hydroxyl groups is 1. The van der Waals surface area contributed by atoms with Crippen LogP contribution in [0.2, 0.25) is 0 Å². The van der Waals surface area contributed by atoms with Crippen LogP contribution < -0.4 is 9.64 Å². The first-order chi connectivity index (χ1) is 11.0. The number of nitrogens with zero attached hydrogens (tertiary/aromatic N) is 1. The molecule has 0 aromatic heterocycles. The SMILES string of the molecule is CCC1(C(=O)c2ccc(O)c(OC)c2)Cc2ccccc2N1C. The molecule has 4 heteroatoms. The van der Waals surface area contributed by atoms with Gasteiger partial charge in [0, 0.05) is 24.7 Å². The number of carbonyl (C=O) groups is 1. The lowest BCUT2D eigenvalue weighted by molar-refractivity contribution is 0.0885. The van der Waals surface area contributed by atoms with Crippen LogP contribution in [0.4, 0.5) is 5.69 Å². The summed E-state index contributed by atoms with van der Waals surface area (Å²) in [5.41, 5.74) is 2.26. The zero-order chi connectivity index (χ0) is 16.6. The molecule has 2 aromatic carbocycles. The molecule has 4 nitrogen and oxygen atoms in total. The molecule has 0 bridgehead atoms. The zero-order valence-electron chi connectivity index (χ0n) is 13.7. The Morgan fingerprint density at radius 2 is 2.04 bits per heavy atom. The van der Waals surface area contributed by atoms with Crippen molar-refractivity contribution in [3.05, 3.63) is 53.6 Å². The molecule has 0 amide bonds. The number of hydrogen-bond acceptors (Lipinski definition) is 4. The minimum absolute atomic E-state index is 0.0395. The van der Waals surface area contributed by atoms with Crippen molar-refractivity contribution in [1.82, 2.24) is 0 Å². The molecule has 1 unspecified atom stereocenters. The van der Waals surface area contributed by atoms with Gasteiger partial charge in [-0.25, -0.2) is 0 Å². The first-order valence-corrected chi connectivity index (χ1v) is 7.77. The maximum absolute atomic E-state index is 13.3. The van der Waals surface area contributed by atoms with Crippen molar-refractivity contribution in [2.24, 2.45) is 0 Å². The molecule has 2 aromatic rings. The van der Waals surface area contributed by atoms with Crippen LogP contribution in [0.25, 0.3) is 0 Å². The van der Waals surface area contributed by atoms with E-state index in [1.54, 1.807) is 12.1 Å². The Morgan fingerprint density at radius 1 is 1.30 bits per heavy atom. The first kappa shape index (κ1) is 15.4. The van der Waals surface area contributed by atoms with E-state index in [0.717, 1.165) is 5.69 Å². The van der Waals surface area contributed by atoms with Gasteiger partial charge >= 0.3 is 0 Å². The molecule has 0 radical (unpaired) electrons. The summed E-state index contributed by atoms with van der Waals surface area (Å²) >= 11 is 0. The monoisotopic (exact) mass is 311 g/mol. The maximum atomic E-state index is 13.3. The fraction of sp³-hybridized carbons (Fsp3) is 0.316. The van der Waals surface area contributed by atoms with Crippen LogP contribution in [0.15, 0.2) is 42.5 Å². The van der Waals surface area contributed by atoms with Crippen molar-refractivity contribution in [3.63, 3.8) is 0 Å². The molecule has 1 atom stereocenters. The van der Waals surface area contributed by atoms with Crippen molar-refractivity contribution >= 4 is 11.5 Å². The fourth-order valence-electron chi connectivity index (χ4n) is 3.49. The van der Waals surface area contributed by atoms with E-state index in [9.17, 15) is 9.90 Å². The summed E-state index contributed by atoms with van der Waals surface area (Å²) < 4.78 is 5.14. The average molecular weight is 311 g/mol. The lowest BCUT2D eigenvalue weighted by atomic mass is 9.83. The molecule has 120 valence electrons. The number of methoxy groups -OCH3 is 1. The predicted octanol–water partition coefficient (Wildman–Crippen LogP) is 3.42. The zero-order valence-corrected chi connectivity index (χ0v) is 13.7. The van der Waals surface area contributed by atoms with E-state index >= 15 is 0 Å². The van der Waals surface area contributed by atoms with E-state index in [1.807, 2.05) is 26.1 Å². The Hall–Kier alpha value is -2.49. The lowest BCUT2D eigenvalue weighted by Crippen LogP contribution is -2.51. The summed E-state index contributed by atoms with van der Waals surface area (Å²) in [6, 6.07) is 12.9. The molecule has 1 N–H and O–H groups in total. The summed E-state index contributed by atoms with van der Waals surface area (Å²) in [7, 11) is 3.46. The molecular formula is C19H21NO3. The molecular weight excluding hydrogens is 290 g/mol. The minimum Gasteiger partial charge on any atom is -0.504 e. The van der Waals surface area contributed by atoms with Crippen molar-refractivity contribution < 1.29 is 14.6 Å². The largest absolute Gasteiger partial charge is 0.504 e. The molecule has 1 aliphatic rings. The van der Waals surface area contributed by atoms with Crippen LogP contribution in [0, 0.1) is 0 Å². The number of anilines is 1. The van der Waals surface area contributed by atoms with Gasteiger partial charge in [-0.3, -0.25) is 4.79 Å². The molecule has 0 spiro atoms. The molecule has 0 saturated heterocycles. The fourth-order valence-corrected chi connectivity index (χ4v) is 3.49. The number of ketones is 1. The van der Waals surface area contributed by atoms with Gasteiger partial charge in [0.05, 0.1) is 7.11 Å². The van der Waals surface area contributed by atoms with Gasteiger partial charge in [0.2, 0.25) is 0 Å². The number of para-hydroxylation sites is 1. The molecule has 23 heavy (non-hydrogen) atoms. The summed E-state index contributed by atoms with van der Waals surface area (Å²) in [6.07, 6.45) is 1.40. The number of likely N-dealkylation sites (N-methyl/N-ethyl adjacent to an activating group) is 1. The number of phenolic OH excluding ortho intramolecular Hbond substituents is 1. The Kier molecular flexibility index (Phi) is 3.76. The third-order valence-corrected chi connectivity index (χ3v) is 4.93. The second kappa shape index (κ2) is 5.61. The number of rotatable bonds is 4. The molecule has 0 fully saturated rings. The molecule has 3 rings (SSSR count). The van der Waals surface area contributed by atoms with Gasteiger partial charge in [-0.15, -0.1) is 0 Å². The number of ether oxygens (including phenoxy) is 1. The molecule has 1 aliphatic heterocycles. The van der Waals surface area contributed by atoms with E-state index in [0.29, 0.717) is 24.2 Å². The highest BCUT2D eigenvalue weighted by Crippen LogP contribution is 2.42. The van der Waals surface area contributed by atoms with Gasteiger partial charge in [-0.2, -0.15) is 0 Å². The van der Waals surface area contributed by atoms with Crippen LogP contribution in [0.3, 0.4) is 0 Å². The van der Waals surface area contributed by atoms with Gasteiger partial charge in [0.15, 0.2) is 17.3 Å². The third kappa shape index (κ3) is 2.25. The minimum atomic E-state index is -0.592. The highest BCUT2D eigenvalue weighted by molar-refractivity contribution is 6.07. The number of phenols is 1. The Labute approximate surface area is 136 Å². The van der Waals surface area contributed by atoms with E-state index in [-0.39, 0.29) is 11.5 Å². The van der Waals surface area contributed by atoms with Crippen LogP contribution in [-0.2, 0) is 6.42 Å². The number of carbonyl (C=O) groups excluding carboxylic acids is 1. The standard InChI is InChI=1S/C19H21NO3/c1-4-19(12-14-7-5-6-8-15(14)20(19)2)18(22)13-9-10-16(21)17(11-13)23-3/h5-11,21H,4,12H2,1-3H3. The smallest absolute Gasteiger partial charge is 0.188 e. The van der Waals surface area contributed by atoms with Gasteiger partial charge in [-0.05, 0) is 36.2 Å². The van der Waals surface area contributed by atoms with Gasteiger partial charge in [0.25, 0.3) is 0 Å². The van der Waals surface area contributed by atoms with Gasteiger partial charge in [0.1, 0.15) is 5.54 Å². The maximum Gasteiger partial charge on any atom is 0.188 e. The second-order valence-corrected chi connectivity index (χ2v) is 5.97. The second-order valence-electron chi connectivity index (χ2n) is 5.97. The normalized spacial score (nSPS) is 19.5. The van der Waals surface area contributed by atoms with Crippen LogP contribution >= 0.6 is 0 Å². The highest BCUT2D eigenvalue weighted by atomic mass is 16.5. The van der Waals surface area contributed by atoms with Gasteiger partial charge in [-0.1, -0.05) is 25.1 Å². The number of fused-ring (bicyclic) bond motifs is 1. The Morgan fingerprint density at radius 3 is 2.70 bits per heavy atom. The number of benzene rings is 2. The molecule has 0 saturated carbocycles. The first-order valence-electron chi connectivity index (χ1n) is 7.77. The summed E-state index contributed by atoms with van der Waals surface area (Å²) in [4.78, 5) is 15.4. The van der Waals surface area contributed by atoms with Crippen molar-refractivity contribution in [1.29, 1.82) is 0 Å². The number of Topliss-reactive ketones (excluding diaryl/α,β-unsaturated/α-hetero) is 1. The van der Waals surface area contributed by atoms with Crippen LogP contribution in [0.5, 0.6) is 11.5 Å². The summed E-state index contributed by atoms with van der Waals surface area (Å²) in [5, 5.41) is 9.75. The van der Waals surface area contributed by atoms with Crippen molar-refractivity contribution in [2.75, 3.05) is 19.1 Å². The highest BCUT2D eigenvalue weighted by Gasteiger charge is 2.46. The van der Waals surface area contributed by atoms with Gasteiger partial charge < -0.3 is 14.7 Å². The van der Waals surface area contributed by atoms with Crippen LogP contribution in [0.1, 0.15) is 29.3 Å². The Balaban J connectivity index is 2.04. The predicted molar refractivity (Wildman–Crippen MR) is 90.6 cm³/mol. The van der Waals surface area contributed by atoms with Crippen molar-refractivity contribution in [3.8, 4) is 11.5 Å². The Bertz CT molecular complexity index is 756.